The van der Waals surface area contributed by atoms with Crippen molar-refractivity contribution in [1.29, 1.82) is 0 Å². The molecule has 86 valence electrons. The van der Waals surface area contributed by atoms with E-state index >= 15 is 0 Å². The van der Waals surface area contributed by atoms with Gasteiger partial charge in [-0.15, -0.1) is 0 Å². The molecule has 1 saturated carbocycles. The van der Waals surface area contributed by atoms with Crippen LogP contribution in [-0.4, -0.2) is 11.9 Å². The quantitative estimate of drug-likeness (QED) is 0.533. The molecule has 0 aromatic rings. The molecule has 0 N–H and O–H groups in total. The van der Waals surface area contributed by atoms with Gasteiger partial charge in [0.1, 0.15) is 0 Å². The van der Waals surface area contributed by atoms with Gasteiger partial charge in [-0.2, -0.15) is 0 Å². The smallest absolute Gasteiger partial charge is 0.316 e. The molecule has 0 spiro atoms. The Bertz CT molecular complexity index is 229. The predicted molar refractivity (Wildman–Crippen MR) is 57.1 cm³/mol. The highest BCUT2D eigenvalue weighted by molar-refractivity contribution is 5.87. The van der Waals surface area contributed by atoms with Gasteiger partial charge in [0.15, 0.2) is 0 Å². The summed E-state index contributed by atoms with van der Waals surface area (Å²) in [5.74, 6) is -0.877. The fourth-order valence-corrected chi connectivity index (χ4v) is 1.79. The second-order valence-electron chi connectivity index (χ2n) is 4.38. The number of carbonyl (C=O) groups excluding carboxylic acids is 2. The molecule has 3 nitrogen and oxygen atoms in total. The van der Waals surface area contributed by atoms with E-state index in [0.717, 1.165) is 32.1 Å². The van der Waals surface area contributed by atoms with Crippen LogP contribution >= 0.6 is 0 Å². The van der Waals surface area contributed by atoms with E-state index in [4.69, 9.17) is 4.74 Å². The summed E-state index contributed by atoms with van der Waals surface area (Å²) >= 11 is 0. The van der Waals surface area contributed by atoms with E-state index in [1.807, 2.05) is 6.92 Å². The maximum atomic E-state index is 11.6. The Balaban J connectivity index is 2.37. The summed E-state index contributed by atoms with van der Waals surface area (Å²) < 4.78 is 4.86. The lowest BCUT2D eigenvalue weighted by atomic mass is 9.89. The van der Waals surface area contributed by atoms with Crippen molar-refractivity contribution in [2.24, 2.45) is 11.8 Å². The number of hydrogen-bond donors (Lipinski definition) is 0. The highest BCUT2D eigenvalue weighted by Gasteiger charge is 2.25. The zero-order valence-corrected chi connectivity index (χ0v) is 9.62. The van der Waals surface area contributed by atoms with Crippen molar-refractivity contribution in [1.82, 2.24) is 0 Å². The Hall–Kier alpha value is -0.860. The molecule has 1 atom stereocenters. The molecule has 1 rings (SSSR count). The minimum Gasteiger partial charge on any atom is -0.393 e. The fraction of sp³-hybridized carbons (Fsp3) is 0.833. The monoisotopic (exact) mass is 212 g/mol. The first-order chi connectivity index (χ1) is 7.15. The molecule has 0 heterocycles. The fourth-order valence-electron chi connectivity index (χ4n) is 1.79. The minimum absolute atomic E-state index is 0.0354. The molecule has 1 fully saturated rings. The Morgan fingerprint density at radius 2 is 1.87 bits per heavy atom. The first kappa shape index (κ1) is 12.2. The van der Waals surface area contributed by atoms with Crippen LogP contribution in [0.5, 0.6) is 0 Å². The van der Waals surface area contributed by atoms with Crippen molar-refractivity contribution in [3.8, 4) is 0 Å². The average Bonchev–Trinajstić information content (AvgIpc) is 2.29. The summed E-state index contributed by atoms with van der Waals surface area (Å²) in [4.78, 5) is 23.0. The third-order valence-corrected chi connectivity index (χ3v) is 3.15. The van der Waals surface area contributed by atoms with Crippen LogP contribution in [0.4, 0.5) is 0 Å². The summed E-state index contributed by atoms with van der Waals surface area (Å²) in [6, 6.07) is 0. The molecule has 0 aliphatic heterocycles. The topological polar surface area (TPSA) is 43.4 Å². The van der Waals surface area contributed by atoms with Gasteiger partial charge < -0.3 is 4.74 Å². The summed E-state index contributed by atoms with van der Waals surface area (Å²) in [5, 5.41) is 0. The second-order valence-corrected chi connectivity index (χ2v) is 4.38. The normalized spacial score (nSPS) is 19.6. The third kappa shape index (κ3) is 3.65. The molecular weight excluding hydrogens is 192 g/mol. The number of hydrogen-bond acceptors (Lipinski definition) is 3. The maximum absolute atomic E-state index is 11.6. The molecule has 1 unspecified atom stereocenters. The number of carbonyl (C=O) groups is 2. The molecule has 0 saturated heterocycles. The molecule has 0 amide bonds. The first-order valence-corrected chi connectivity index (χ1v) is 5.90. The average molecular weight is 212 g/mol. The number of esters is 2. The summed E-state index contributed by atoms with van der Waals surface area (Å²) in [6.45, 7) is 3.70. The summed E-state index contributed by atoms with van der Waals surface area (Å²) in [5.41, 5.74) is 0. The van der Waals surface area contributed by atoms with Crippen molar-refractivity contribution in [3.05, 3.63) is 0 Å². The molecule has 1 aliphatic rings. The van der Waals surface area contributed by atoms with E-state index in [-0.39, 0.29) is 23.8 Å². The molecule has 15 heavy (non-hydrogen) atoms. The number of rotatable bonds is 3. The zero-order chi connectivity index (χ0) is 11.3. The standard InChI is InChI=1S/C12H20O3/c1-3-9(2)11(13)15-12(14)10-7-5-4-6-8-10/h9-10H,3-8H2,1-2H3. The van der Waals surface area contributed by atoms with E-state index in [9.17, 15) is 9.59 Å². The van der Waals surface area contributed by atoms with Gasteiger partial charge in [0.05, 0.1) is 11.8 Å². The molecule has 1 aliphatic carbocycles. The van der Waals surface area contributed by atoms with Crippen molar-refractivity contribution < 1.29 is 14.3 Å². The lowest BCUT2D eigenvalue weighted by Crippen LogP contribution is -2.25. The number of ether oxygens (including phenoxy) is 1. The van der Waals surface area contributed by atoms with E-state index in [1.165, 1.54) is 6.42 Å². The van der Waals surface area contributed by atoms with Crippen molar-refractivity contribution in [2.75, 3.05) is 0 Å². The van der Waals surface area contributed by atoms with Crippen LogP contribution in [0.1, 0.15) is 52.4 Å². The van der Waals surface area contributed by atoms with Crippen LogP contribution < -0.4 is 0 Å². The molecule has 0 aromatic carbocycles. The van der Waals surface area contributed by atoms with E-state index < -0.39 is 0 Å². The van der Waals surface area contributed by atoms with Crippen LogP contribution in [0.2, 0.25) is 0 Å². The molecule has 3 heteroatoms. The van der Waals surface area contributed by atoms with Gasteiger partial charge in [-0.1, -0.05) is 33.1 Å². The Labute approximate surface area is 91.2 Å². The Morgan fingerprint density at radius 3 is 2.40 bits per heavy atom. The van der Waals surface area contributed by atoms with Gasteiger partial charge >= 0.3 is 11.9 Å². The van der Waals surface area contributed by atoms with Gasteiger partial charge in [0, 0.05) is 0 Å². The van der Waals surface area contributed by atoms with E-state index in [1.54, 1.807) is 6.92 Å². The lowest BCUT2D eigenvalue weighted by Gasteiger charge is -2.19. The highest BCUT2D eigenvalue weighted by Crippen LogP contribution is 2.25. The van der Waals surface area contributed by atoms with Crippen LogP contribution in [0, 0.1) is 11.8 Å². The molecule has 0 radical (unpaired) electrons. The van der Waals surface area contributed by atoms with Gasteiger partial charge in [-0.05, 0) is 19.3 Å². The van der Waals surface area contributed by atoms with E-state index in [0.29, 0.717) is 0 Å². The van der Waals surface area contributed by atoms with Crippen LogP contribution in [0.25, 0.3) is 0 Å². The zero-order valence-electron chi connectivity index (χ0n) is 9.62. The maximum Gasteiger partial charge on any atom is 0.316 e. The highest BCUT2D eigenvalue weighted by atomic mass is 16.6. The Kier molecular flexibility index (Phi) is 4.79. The Morgan fingerprint density at radius 1 is 1.27 bits per heavy atom. The third-order valence-electron chi connectivity index (χ3n) is 3.15. The van der Waals surface area contributed by atoms with Crippen molar-refractivity contribution in [2.45, 2.75) is 52.4 Å². The summed E-state index contributed by atoms with van der Waals surface area (Å²) in [7, 11) is 0. The van der Waals surface area contributed by atoms with E-state index in [2.05, 4.69) is 0 Å². The largest absolute Gasteiger partial charge is 0.393 e. The lowest BCUT2D eigenvalue weighted by molar-refractivity contribution is -0.165. The molecular formula is C12H20O3. The minimum atomic E-state index is -0.368. The van der Waals surface area contributed by atoms with Crippen molar-refractivity contribution in [3.63, 3.8) is 0 Å². The predicted octanol–water partition coefficient (Wildman–Crippen LogP) is 2.68. The summed E-state index contributed by atoms with van der Waals surface area (Å²) in [6.07, 6.45) is 5.84. The SMILES string of the molecule is CCC(C)C(=O)OC(=O)C1CCCCC1. The van der Waals surface area contributed by atoms with Crippen LogP contribution in [0.3, 0.4) is 0 Å². The molecule has 0 aromatic heterocycles. The molecule has 0 bridgehead atoms. The van der Waals surface area contributed by atoms with Crippen molar-refractivity contribution >= 4 is 11.9 Å². The van der Waals surface area contributed by atoms with Gasteiger partial charge in [0.2, 0.25) is 0 Å². The van der Waals surface area contributed by atoms with Crippen LogP contribution in [0.15, 0.2) is 0 Å². The van der Waals surface area contributed by atoms with Crippen LogP contribution in [-0.2, 0) is 14.3 Å². The first-order valence-electron chi connectivity index (χ1n) is 5.90. The second kappa shape index (κ2) is 5.89. The van der Waals surface area contributed by atoms with Gasteiger partial charge in [0.25, 0.3) is 0 Å². The van der Waals surface area contributed by atoms with Gasteiger partial charge in [-0.3, -0.25) is 9.59 Å². The van der Waals surface area contributed by atoms with Gasteiger partial charge in [-0.25, -0.2) is 0 Å².